The second kappa shape index (κ2) is 11.0. The molecular weight excluding hydrogens is 470 g/mol. The summed E-state index contributed by atoms with van der Waals surface area (Å²) < 4.78 is 9.99. The molecule has 4 rings (SSSR count). The van der Waals surface area contributed by atoms with Crippen LogP contribution in [0, 0.1) is 16.1 Å². The number of benzene rings is 1. The van der Waals surface area contributed by atoms with Crippen molar-refractivity contribution in [3.8, 4) is 11.1 Å². The number of aromatic nitrogens is 1. The van der Waals surface area contributed by atoms with Crippen LogP contribution in [-0.2, 0) is 22.0 Å². The van der Waals surface area contributed by atoms with Crippen LogP contribution in [0.25, 0.3) is 11.1 Å². The number of pyridine rings is 1. The number of carbonyl (C=O) groups is 1. The van der Waals surface area contributed by atoms with E-state index in [0.29, 0.717) is 31.8 Å². The molecule has 2 fully saturated rings. The zero-order valence-electron chi connectivity index (χ0n) is 22.0. The highest BCUT2D eigenvalue weighted by Crippen LogP contribution is 2.40. The predicted molar refractivity (Wildman–Crippen MR) is 146 cm³/mol. The standard InChI is InChI=1S/C29H41N3O3S/c1-28(2)20-31(26(33)15-14-22-10-6-4-7-11-22)17-16-29(28,35)21-32-19-25(36(3)30)24(18-27(32)34)23-12-8-5-9-13-23/h5,8-9,12-13,18-19,22,30,35H,4,6-7,10-11,14-17,20-21H2,1-3H3. The van der Waals surface area contributed by atoms with Crippen molar-refractivity contribution in [1.29, 1.82) is 4.78 Å². The van der Waals surface area contributed by atoms with Gasteiger partial charge in [-0.25, -0.2) is 0 Å². The number of piperidine rings is 1. The van der Waals surface area contributed by atoms with Crippen molar-refractivity contribution in [3.05, 3.63) is 52.9 Å². The first-order valence-corrected chi connectivity index (χ1v) is 14.9. The van der Waals surface area contributed by atoms with Crippen LogP contribution in [0.15, 0.2) is 52.3 Å². The smallest absolute Gasteiger partial charge is 0.251 e. The molecule has 2 atom stereocenters. The molecule has 1 saturated carbocycles. The molecule has 0 radical (unpaired) electrons. The Hall–Kier alpha value is -2.25. The van der Waals surface area contributed by atoms with Crippen molar-refractivity contribution in [2.75, 3.05) is 19.3 Å². The van der Waals surface area contributed by atoms with E-state index in [9.17, 15) is 14.7 Å². The van der Waals surface area contributed by atoms with Gasteiger partial charge in [-0.2, -0.15) is 0 Å². The van der Waals surface area contributed by atoms with Gasteiger partial charge in [-0.05, 0) is 30.6 Å². The van der Waals surface area contributed by atoms with Gasteiger partial charge in [0.2, 0.25) is 5.91 Å². The fourth-order valence-corrected chi connectivity index (χ4v) is 6.67. The van der Waals surface area contributed by atoms with Crippen molar-refractivity contribution >= 4 is 16.6 Å². The van der Waals surface area contributed by atoms with E-state index in [1.807, 2.05) is 55.3 Å². The first-order valence-electron chi connectivity index (χ1n) is 13.3. The quantitative estimate of drug-likeness (QED) is 0.533. The highest BCUT2D eigenvalue weighted by molar-refractivity contribution is 7.85. The lowest BCUT2D eigenvalue weighted by atomic mass is 9.69. The molecule has 1 aliphatic heterocycles. The Morgan fingerprint density at radius 3 is 2.50 bits per heavy atom. The maximum atomic E-state index is 13.2. The molecule has 1 aliphatic carbocycles. The van der Waals surface area contributed by atoms with Gasteiger partial charge in [0.05, 0.1) is 12.1 Å². The summed E-state index contributed by atoms with van der Waals surface area (Å²) >= 11 is 0. The first-order chi connectivity index (χ1) is 17.1. The molecule has 1 amide bonds. The number of nitrogens with zero attached hydrogens (tertiary/aromatic N) is 2. The molecule has 0 bridgehead atoms. The molecule has 2 aliphatic rings. The van der Waals surface area contributed by atoms with E-state index in [1.165, 1.54) is 32.1 Å². The van der Waals surface area contributed by atoms with Gasteiger partial charge in [0.25, 0.3) is 5.56 Å². The van der Waals surface area contributed by atoms with Gasteiger partial charge >= 0.3 is 0 Å². The van der Waals surface area contributed by atoms with E-state index in [1.54, 1.807) is 16.8 Å². The molecule has 1 saturated heterocycles. The van der Waals surface area contributed by atoms with Crippen molar-refractivity contribution in [3.63, 3.8) is 0 Å². The zero-order chi connectivity index (χ0) is 25.9. The van der Waals surface area contributed by atoms with Crippen LogP contribution < -0.4 is 5.56 Å². The summed E-state index contributed by atoms with van der Waals surface area (Å²) in [5.41, 5.74) is -0.183. The van der Waals surface area contributed by atoms with Crippen molar-refractivity contribution in [2.45, 2.75) is 82.3 Å². The fourth-order valence-electron chi connectivity index (χ4n) is 5.87. The van der Waals surface area contributed by atoms with Crippen molar-refractivity contribution in [1.82, 2.24) is 9.47 Å². The van der Waals surface area contributed by atoms with Gasteiger partial charge in [0, 0.05) is 47.6 Å². The molecule has 6 nitrogen and oxygen atoms in total. The number of nitrogens with one attached hydrogen (secondary N) is 1. The van der Waals surface area contributed by atoms with Gasteiger partial charge < -0.3 is 14.6 Å². The number of aliphatic hydroxyl groups is 1. The predicted octanol–water partition coefficient (Wildman–Crippen LogP) is 5.23. The van der Waals surface area contributed by atoms with E-state index in [2.05, 4.69) is 0 Å². The van der Waals surface area contributed by atoms with E-state index in [0.717, 1.165) is 22.4 Å². The van der Waals surface area contributed by atoms with Crippen molar-refractivity contribution < 1.29 is 9.90 Å². The van der Waals surface area contributed by atoms with Crippen LogP contribution in [0.4, 0.5) is 0 Å². The molecular formula is C29H41N3O3S. The highest BCUT2D eigenvalue weighted by Gasteiger charge is 2.48. The van der Waals surface area contributed by atoms with Crippen LogP contribution in [0.3, 0.4) is 0 Å². The topological polar surface area (TPSA) is 86.4 Å². The number of carbonyl (C=O) groups excluding carboxylic acids is 1. The van der Waals surface area contributed by atoms with Gasteiger partial charge in [0.1, 0.15) is 0 Å². The monoisotopic (exact) mass is 511 g/mol. The van der Waals surface area contributed by atoms with Gasteiger partial charge in [-0.3, -0.25) is 14.4 Å². The molecule has 1 aromatic carbocycles. The maximum Gasteiger partial charge on any atom is 0.251 e. The molecule has 0 spiro atoms. The second-order valence-electron chi connectivity index (χ2n) is 11.4. The average Bonchev–Trinajstić information content (AvgIpc) is 2.86. The third-order valence-electron chi connectivity index (χ3n) is 8.42. The third kappa shape index (κ3) is 5.83. The number of rotatable bonds is 7. The number of hydrogen-bond acceptors (Lipinski definition) is 4. The van der Waals surface area contributed by atoms with Crippen LogP contribution in [0.5, 0.6) is 0 Å². The van der Waals surface area contributed by atoms with Crippen LogP contribution >= 0.6 is 0 Å². The lowest BCUT2D eigenvalue weighted by molar-refractivity contribution is -0.154. The summed E-state index contributed by atoms with van der Waals surface area (Å²) in [6.07, 6.45) is 12.0. The van der Waals surface area contributed by atoms with Gasteiger partial charge in [-0.1, -0.05) is 87.0 Å². The Labute approximate surface area is 217 Å². The van der Waals surface area contributed by atoms with Crippen LogP contribution in [-0.4, -0.2) is 45.4 Å². The maximum absolute atomic E-state index is 13.2. The lowest BCUT2D eigenvalue weighted by Crippen LogP contribution is -2.60. The first kappa shape index (κ1) is 26.8. The fraction of sp³-hybridized carbons (Fsp3) is 0.586. The minimum Gasteiger partial charge on any atom is -0.387 e. The molecule has 2 N–H and O–H groups in total. The Morgan fingerprint density at radius 2 is 1.86 bits per heavy atom. The summed E-state index contributed by atoms with van der Waals surface area (Å²) in [5.74, 6) is 0.865. The van der Waals surface area contributed by atoms with Crippen molar-refractivity contribution in [2.24, 2.45) is 11.3 Å². The van der Waals surface area contributed by atoms with Gasteiger partial charge in [-0.15, -0.1) is 0 Å². The Balaban J connectivity index is 1.49. The summed E-state index contributed by atoms with van der Waals surface area (Å²) in [7, 11) is -0.810. The molecule has 36 heavy (non-hydrogen) atoms. The third-order valence-corrected chi connectivity index (χ3v) is 9.41. The summed E-state index contributed by atoms with van der Waals surface area (Å²) in [6.45, 7) is 5.12. The van der Waals surface area contributed by atoms with Crippen LogP contribution in [0.2, 0.25) is 0 Å². The molecule has 196 valence electrons. The Kier molecular flexibility index (Phi) is 8.20. The Morgan fingerprint density at radius 1 is 1.17 bits per heavy atom. The second-order valence-corrected chi connectivity index (χ2v) is 12.9. The molecule has 2 unspecified atom stereocenters. The van der Waals surface area contributed by atoms with E-state index in [-0.39, 0.29) is 18.0 Å². The van der Waals surface area contributed by atoms with E-state index < -0.39 is 21.7 Å². The molecule has 1 aromatic heterocycles. The zero-order valence-corrected chi connectivity index (χ0v) is 22.8. The summed E-state index contributed by atoms with van der Waals surface area (Å²) in [5, 5.41) is 11.8. The lowest BCUT2D eigenvalue weighted by Gasteiger charge is -2.50. The highest BCUT2D eigenvalue weighted by atomic mass is 32.2. The molecule has 7 heteroatoms. The minimum atomic E-state index is -1.13. The number of hydrogen-bond donors (Lipinski definition) is 2. The largest absolute Gasteiger partial charge is 0.387 e. The van der Waals surface area contributed by atoms with Crippen LogP contribution in [0.1, 0.15) is 65.2 Å². The minimum absolute atomic E-state index is 0.155. The van der Waals surface area contributed by atoms with E-state index in [4.69, 9.17) is 4.78 Å². The van der Waals surface area contributed by atoms with E-state index >= 15 is 0 Å². The molecule has 2 aromatic rings. The Bertz CT molecular complexity index is 1150. The number of amides is 1. The molecule has 2 heterocycles. The summed E-state index contributed by atoms with van der Waals surface area (Å²) in [4.78, 5) is 28.9. The average molecular weight is 512 g/mol. The normalized spacial score (nSPS) is 23.4. The number of likely N-dealkylation sites (tertiary alicyclic amines) is 1. The summed E-state index contributed by atoms with van der Waals surface area (Å²) in [6, 6.07) is 11.3. The SMILES string of the molecule is CS(=N)c1cn(CC2(O)CCN(C(=O)CCC3CCCCC3)CC2(C)C)c(=O)cc1-c1ccccc1. The van der Waals surface area contributed by atoms with Gasteiger partial charge in [0.15, 0.2) is 0 Å².